The lowest BCUT2D eigenvalue weighted by molar-refractivity contribution is -0.384. The second-order valence-corrected chi connectivity index (χ2v) is 8.86. The maximum Gasteiger partial charge on any atom is 0.269 e. The molecule has 0 saturated carbocycles. The summed E-state index contributed by atoms with van der Waals surface area (Å²) in [4.78, 5) is 35.4. The highest BCUT2D eigenvalue weighted by molar-refractivity contribution is 7.99. The average molecular weight is 495 g/mol. The highest BCUT2D eigenvalue weighted by Crippen LogP contribution is 2.23. The number of aryl methyl sites for hydroxylation is 3. The summed E-state index contributed by atoms with van der Waals surface area (Å²) in [7, 11) is 0. The van der Waals surface area contributed by atoms with Gasteiger partial charge in [0.05, 0.1) is 17.1 Å². The first-order chi connectivity index (χ1) is 16.7. The van der Waals surface area contributed by atoms with Crippen molar-refractivity contribution in [3.63, 3.8) is 0 Å². The molecule has 2 aromatic carbocycles. The molecule has 1 heterocycles. The minimum Gasteiger partial charge on any atom is -0.326 e. The zero-order chi connectivity index (χ0) is 25.5. The number of nitro benzene ring substituents is 1. The Kier molecular flexibility index (Phi) is 8.37. The number of anilines is 2. The van der Waals surface area contributed by atoms with Crippen LogP contribution in [-0.2, 0) is 22.6 Å². The number of nitrogens with zero attached hydrogens (tertiary/aromatic N) is 4. The van der Waals surface area contributed by atoms with Crippen molar-refractivity contribution in [2.75, 3.05) is 16.4 Å². The fourth-order valence-electron chi connectivity index (χ4n) is 3.26. The number of aromatic nitrogens is 3. The van der Waals surface area contributed by atoms with Gasteiger partial charge < -0.3 is 15.2 Å². The fourth-order valence-corrected chi connectivity index (χ4v) is 4.02. The van der Waals surface area contributed by atoms with Crippen molar-refractivity contribution in [2.45, 2.75) is 38.9 Å². The number of hydrogen-bond donors (Lipinski definition) is 2. The first-order valence-electron chi connectivity index (χ1n) is 10.8. The van der Waals surface area contributed by atoms with Crippen LogP contribution < -0.4 is 10.6 Å². The Labute approximate surface area is 207 Å². The van der Waals surface area contributed by atoms with Gasteiger partial charge in [0.25, 0.3) is 5.69 Å². The Morgan fingerprint density at radius 1 is 1.06 bits per heavy atom. The monoisotopic (exact) mass is 494 g/mol. The number of nitro groups is 1. The smallest absolute Gasteiger partial charge is 0.269 e. The van der Waals surface area contributed by atoms with E-state index in [-0.39, 0.29) is 29.7 Å². The molecule has 0 aliphatic heterocycles. The Morgan fingerprint density at radius 3 is 2.49 bits per heavy atom. The Morgan fingerprint density at radius 2 is 1.83 bits per heavy atom. The summed E-state index contributed by atoms with van der Waals surface area (Å²) in [6, 6.07) is 9.95. The molecule has 3 rings (SSSR count). The van der Waals surface area contributed by atoms with Gasteiger partial charge in [-0.2, -0.15) is 0 Å². The molecular formula is C24H26N6O4S. The predicted molar refractivity (Wildman–Crippen MR) is 136 cm³/mol. The van der Waals surface area contributed by atoms with Gasteiger partial charge in [0, 0.05) is 30.1 Å². The third-order valence-corrected chi connectivity index (χ3v) is 6.21. The molecule has 0 spiro atoms. The second-order valence-electron chi connectivity index (χ2n) is 7.92. The second kappa shape index (κ2) is 11.4. The van der Waals surface area contributed by atoms with Crippen molar-refractivity contribution in [3.8, 4) is 0 Å². The maximum atomic E-state index is 12.6. The summed E-state index contributed by atoms with van der Waals surface area (Å²) in [5.41, 5.74) is 3.98. The van der Waals surface area contributed by atoms with Crippen LogP contribution >= 0.6 is 11.8 Å². The molecule has 0 saturated heterocycles. The van der Waals surface area contributed by atoms with E-state index in [0.29, 0.717) is 34.5 Å². The number of carbonyl (C=O) groups excluding carboxylic acids is 2. The number of amides is 2. The summed E-state index contributed by atoms with van der Waals surface area (Å²) < 4.78 is 1.74. The van der Waals surface area contributed by atoms with E-state index in [1.807, 2.05) is 32.0 Å². The minimum atomic E-state index is -0.486. The van der Waals surface area contributed by atoms with Gasteiger partial charge >= 0.3 is 0 Å². The number of benzene rings is 2. The number of allylic oxidation sites excluding steroid dienone is 1. The van der Waals surface area contributed by atoms with Crippen LogP contribution in [0.2, 0.25) is 0 Å². The lowest BCUT2D eigenvalue weighted by Gasteiger charge is -2.10. The largest absolute Gasteiger partial charge is 0.326 e. The molecule has 35 heavy (non-hydrogen) atoms. The number of non-ortho nitro benzene ring substituents is 1. The molecule has 11 heteroatoms. The Balaban J connectivity index is 1.63. The summed E-state index contributed by atoms with van der Waals surface area (Å²) in [5.74, 6) is -0.0241. The van der Waals surface area contributed by atoms with E-state index in [1.54, 1.807) is 17.6 Å². The zero-order valence-electron chi connectivity index (χ0n) is 19.7. The summed E-state index contributed by atoms with van der Waals surface area (Å²) >= 11 is 1.17. The summed E-state index contributed by atoms with van der Waals surface area (Å²) in [6.45, 7) is 9.80. The number of thioether (sulfide) groups is 1. The highest BCUT2D eigenvalue weighted by atomic mass is 32.2. The van der Waals surface area contributed by atoms with E-state index >= 15 is 0 Å². The van der Waals surface area contributed by atoms with Crippen molar-refractivity contribution in [2.24, 2.45) is 0 Å². The first-order valence-corrected chi connectivity index (χ1v) is 11.7. The van der Waals surface area contributed by atoms with Crippen LogP contribution in [0, 0.1) is 30.9 Å². The molecular weight excluding hydrogens is 468 g/mol. The van der Waals surface area contributed by atoms with Gasteiger partial charge in [0.1, 0.15) is 5.82 Å². The third kappa shape index (κ3) is 6.76. The van der Waals surface area contributed by atoms with E-state index in [0.717, 1.165) is 11.1 Å². The summed E-state index contributed by atoms with van der Waals surface area (Å²) in [6.07, 6.45) is 1.68. The third-order valence-electron chi connectivity index (χ3n) is 5.24. The molecule has 182 valence electrons. The average Bonchev–Trinajstić information content (AvgIpc) is 3.17. The van der Waals surface area contributed by atoms with Gasteiger partial charge in [-0.3, -0.25) is 19.7 Å². The van der Waals surface area contributed by atoms with E-state index in [9.17, 15) is 19.7 Å². The van der Waals surface area contributed by atoms with Gasteiger partial charge in [-0.1, -0.05) is 23.9 Å². The van der Waals surface area contributed by atoms with Crippen LogP contribution in [0.3, 0.4) is 0 Å². The first kappa shape index (κ1) is 25.6. The van der Waals surface area contributed by atoms with Crippen LogP contribution in [0.4, 0.5) is 17.1 Å². The van der Waals surface area contributed by atoms with E-state index in [1.165, 1.54) is 30.0 Å². The molecule has 0 aliphatic rings. The molecule has 0 aliphatic carbocycles. The van der Waals surface area contributed by atoms with Gasteiger partial charge in [0.2, 0.25) is 11.8 Å². The van der Waals surface area contributed by atoms with Gasteiger partial charge in [-0.25, -0.2) is 0 Å². The Hall–Kier alpha value is -3.99. The van der Waals surface area contributed by atoms with Crippen LogP contribution in [-0.4, -0.2) is 37.3 Å². The van der Waals surface area contributed by atoms with E-state index < -0.39 is 4.92 Å². The standard InChI is InChI=1S/C24H26N6O4S/c1-5-10-29-21(13-22(31)25-18-7-6-15(2)16(3)11-18)27-28-24(29)35-14-23(32)26-20-9-8-19(30(33)34)12-17(20)4/h5-9,11-12H,1,10,13-14H2,2-4H3,(H,25,31)(H,26,32). The predicted octanol–water partition coefficient (Wildman–Crippen LogP) is 4.21. The molecule has 10 nitrogen and oxygen atoms in total. The van der Waals surface area contributed by atoms with Gasteiger partial charge in [0.15, 0.2) is 5.16 Å². The number of nitrogens with one attached hydrogen (secondary N) is 2. The number of rotatable bonds is 10. The van der Waals surface area contributed by atoms with Gasteiger partial charge in [-0.05, 0) is 55.7 Å². The normalized spacial score (nSPS) is 10.6. The molecule has 2 amide bonds. The zero-order valence-corrected chi connectivity index (χ0v) is 20.5. The molecule has 3 aromatic rings. The SMILES string of the molecule is C=CCn1c(CC(=O)Nc2ccc(C)c(C)c2)nnc1SCC(=O)Nc1ccc([N+](=O)[O-])cc1C. The van der Waals surface area contributed by atoms with Crippen molar-refractivity contribution in [1.29, 1.82) is 0 Å². The molecule has 0 fully saturated rings. The molecule has 0 unspecified atom stereocenters. The van der Waals surface area contributed by atoms with Crippen LogP contribution in [0.25, 0.3) is 0 Å². The molecule has 0 bridgehead atoms. The molecule has 0 atom stereocenters. The topological polar surface area (TPSA) is 132 Å². The quantitative estimate of drug-likeness (QED) is 0.187. The van der Waals surface area contributed by atoms with Gasteiger partial charge in [-0.15, -0.1) is 16.8 Å². The Bertz CT molecular complexity index is 1290. The van der Waals surface area contributed by atoms with Crippen LogP contribution in [0.5, 0.6) is 0 Å². The van der Waals surface area contributed by atoms with Crippen molar-refractivity contribution in [1.82, 2.24) is 14.8 Å². The van der Waals surface area contributed by atoms with E-state index in [4.69, 9.17) is 0 Å². The molecule has 1 aromatic heterocycles. The van der Waals surface area contributed by atoms with Crippen LogP contribution in [0.15, 0.2) is 54.2 Å². The lowest BCUT2D eigenvalue weighted by Crippen LogP contribution is -2.18. The van der Waals surface area contributed by atoms with Crippen molar-refractivity contribution >= 4 is 40.6 Å². The maximum absolute atomic E-state index is 12.6. The number of carbonyl (C=O) groups is 2. The van der Waals surface area contributed by atoms with Crippen LogP contribution in [0.1, 0.15) is 22.5 Å². The summed E-state index contributed by atoms with van der Waals surface area (Å²) in [5, 5.41) is 25.3. The number of hydrogen-bond acceptors (Lipinski definition) is 7. The molecule has 2 N–H and O–H groups in total. The fraction of sp³-hybridized carbons (Fsp3) is 0.250. The highest BCUT2D eigenvalue weighted by Gasteiger charge is 2.17. The molecule has 0 radical (unpaired) electrons. The van der Waals surface area contributed by atoms with Crippen molar-refractivity contribution < 1.29 is 14.5 Å². The van der Waals surface area contributed by atoms with Crippen molar-refractivity contribution in [3.05, 3.63) is 81.7 Å². The minimum absolute atomic E-state index is 0.0164. The lowest BCUT2D eigenvalue weighted by atomic mass is 10.1. The van der Waals surface area contributed by atoms with E-state index in [2.05, 4.69) is 27.4 Å².